The normalized spacial score (nSPS) is 18.5. The summed E-state index contributed by atoms with van der Waals surface area (Å²) in [6, 6.07) is 0.594. The predicted molar refractivity (Wildman–Crippen MR) is 100 cm³/mol. The first-order valence-corrected chi connectivity index (χ1v) is 8.99. The van der Waals surface area contributed by atoms with Gasteiger partial charge in [-0.25, -0.2) is 4.98 Å². The second-order valence-corrected chi connectivity index (χ2v) is 7.53. The predicted octanol–water partition coefficient (Wildman–Crippen LogP) is 3.71. The molecule has 1 aromatic heterocycles. The number of aromatic nitrogens is 1. The zero-order valence-electron chi connectivity index (χ0n) is 13.8. The molecular formula is C16H27Cl2N3OS. The van der Waals surface area contributed by atoms with Gasteiger partial charge in [-0.05, 0) is 38.1 Å². The lowest BCUT2D eigenvalue weighted by atomic mass is 10.0. The van der Waals surface area contributed by atoms with Crippen LogP contribution < -0.4 is 5.32 Å². The van der Waals surface area contributed by atoms with Gasteiger partial charge in [0.2, 0.25) is 0 Å². The van der Waals surface area contributed by atoms with E-state index in [0.29, 0.717) is 17.7 Å². The molecule has 4 nitrogen and oxygen atoms in total. The Kier molecular flexibility index (Phi) is 8.28. The molecule has 1 saturated heterocycles. The van der Waals surface area contributed by atoms with Crippen molar-refractivity contribution in [1.29, 1.82) is 0 Å². The van der Waals surface area contributed by atoms with E-state index < -0.39 is 0 Å². The molecule has 1 N–H and O–H groups in total. The first kappa shape index (κ1) is 20.7. The van der Waals surface area contributed by atoms with Gasteiger partial charge in [0.25, 0.3) is 5.91 Å². The quantitative estimate of drug-likeness (QED) is 0.847. The van der Waals surface area contributed by atoms with Crippen molar-refractivity contribution >= 4 is 42.1 Å². The molecule has 0 bridgehead atoms. The summed E-state index contributed by atoms with van der Waals surface area (Å²) < 4.78 is 0. The number of halogens is 2. The van der Waals surface area contributed by atoms with Crippen molar-refractivity contribution in [2.45, 2.75) is 51.5 Å². The van der Waals surface area contributed by atoms with Crippen LogP contribution >= 0.6 is 36.2 Å². The van der Waals surface area contributed by atoms with Crippen molar-refractivity contribution in [3.63, 3.8) is 0 Å². The molecule has 1 aliphatic carbocycles. The summed E-state index contributed by atoms with van der Waals surface area (Å²) in [6.45, 7) is 7.11. The molecule has 0 unspecified atom stereocenters. The Morgan fingerprint density at radius 2 is 1.96 bits per heavy atom. The number of nitrogens with one attached hydrogen (secondary N) is 1. The monoisotopic (exact) mass is 379 g/mol. The Morgan fingerprint density at radius 1 is 1.30 bits per heavy atom. The van der Waals surface area contributed by atoms with Crippen molar-refractivity contribution in [3.05, 3.63) is 16.1 Å². The lowest BCUT2D eigenvalue weighted by molar-refractivity contribution is 0.0699. The van der Waals surface area contributed by atoms with Gasteiger partial charge in [0.1, 0.15) is 5.69 Å². The SMILES string of the molecule is CC(C)c1nc(C(=O)N2CCC(NCC3CC3)CC2)cs1.Cl.Cl. The smallest absolute Gasteiger partial charge is 0.273 e. The van der Waals surface area contributed by atoms with Crippen LogP contribution in [0.2, 0.25) is 0 Å². The lowest BCUT2D eigenvalue weighted by Gasteiger charge is -2.32. The van der Waals surface area contributed by atoms with Crippen molar-refractivity contribution < 1.29 is 4.79 Å². The number of amides is 1. The van der Waals surface area contributed by atoms with E-state index in [1.165, 1.54) is 19.4 Å². The molecular weight excluding hydrogens is 353 g/mol. The minimum absolute atomic E-state index is 0. The first-order chi connectivity index (χ1) is 10.1. The molecule has 1 saturated carbocycles. The molecule has 132 valence electrons. The van der Waals surface area contributed by atoms with E-state index in [-0.39, 0.29) is 30.7 Å². The summed E-state index contributed by atoms with van der Waals surface area (Å²) in [5.41, 5.74) is 0.632. The van der Waals surface area contributed by atoms with E-state index in [1.54, 1.807) is 11.3 Å². The molecule has 2 fully saturated rings. The fraction of sp³-hybridized carbons (Fsp3) is 0.750. The van der Waals surface area contributed by atoms with Gasteiger partial charge in [-0.2, -0.15) is 0 Å². The second-order valence-electron chi connectivity index (χ2n) is 6.64. The third kappa shape index (κ3) is 5.59. The average Bonchev–Trinajstić information content (AvgIpc) is 3.18. The minimum atomic E-state index is 0. The summed E-state index contributed by atoms with van der Waals surface area (Å²) in [6.07, 6.45) is 4.93. The van der Waals surface area contributed by atoms with Crippen LogP contribution in [0.1, 0.15) is 60.9 Å². The Hall–Kier alpha value is -0.360. The van der Waals surface area contributed by atoms with Crippen molar-refractivity contribution in [1.82, 2.24) is 15.2 Å². The summed E-state index contributed by atoms with van der Waals surface area (Å²) in [5.74, 6) is 1.43. The first-order valence-electron chi connectivity index (χ1n) is 8.11. The van der Waals surface area contributed by atoms with Crippen LogP contribution in [-0.2, 0) is 0 Å². The maximum Gasteiger partial charge on any atom is 0.273 e. The van der Waals surface area contributed by atoms with E-state index in [2.05, 4.69) is 24.1 Å². The van der Waals surface area contributed by atoms with E-state index in [4.69, 9.17) is 0 Å². The van der Waals surface area contributed by atoms with Crippen LogP contribution in [-0.4, -0.2) is 41.5 Å². The maximum absolute atomic E-state index is 12.5. The maximum atomic E-state index is 12.5. The number of piperidine rings is 1. The molecule has 1 aliphatic heterocycles. The third-order valence-corrected chi connectivity index (χ3v) is 5.55. The van der Waals surface area contributed by atoms with Gasteiger partial charge in [0.05, 0.1) is 5.01 Å². The van der Waals surface area contributed by atoms with Gasteiger partial charge in [-0.15, -0.1) is 36.2 Å². The van der Waals surface area contributed by atoms with Crippen molar-refractivity contribution in [3.8, 4) is 0 Å². The highest BCUT2D eigenvalue weighted by molar-refractivity contribution is 7.09. The molecule has 1 aromatic rings. The van der Waals surface area contributed by atoms with Crippen LogP contribution in [0.3, 0.4) is 0 Å². The largest absolute Gasteiger partial charge is 0.337 e. The molecule has 1 amide bonds. The Labute approximate surface area is 155 Å². The van der Waals surface area contributed by atoms with Crippen LogP contribution in [0, 0.1) is 5.92 Å². The van der Waals surface area contributed by atoms with Gasteiger partial charge < -0.3 is 10.2 Å². The molecule has 2 aliphatic rings. The van der Waals surface area contributed by atoms with Gasteiger partial charge in [-0.3, -0.25) is 4.79 Å². The van der Waals surface area contributed by atoms with E-state index >= 15 is 0 Å². The molecule has 0 radical (unpaired) electrons. The summed E-state index contributed by atoms with van der Waals surface area (Å²) in [7, 11) is 0. The number of nitrogens with zero attached hydrogens (tertiary/aromatic N) is 2. The average molecular weight is 380 g/mol. The second kappa shape index (κ2) is 9.21. The van der Waals surface area contributed by atoms with Gasteiger partial charge >= 0.3 is 0 Å². The van der Waals surface area contributed by atoms with E-state index in [9.17, 15) is 4.79 Å². The van der Waals surface area contributed by atoms with Crippen molar-refractivity contribution in [2.75, 3.05) is 19.6 Å². The molecule has 7 heteroatoms. The number of likely N-dealkylation sites (tertiary alicyclic amines) is 1. The minimum Gasteiger partial charge on any atom is -0.337 e. The third-order valence-electron chi connectivity index (χ3n) is 4.41. The van der Waals surface area contributed by atoms with E-state index in [0.717, 1.165) is 36.9 Å². The summed E-state index contributed by atoms with van der Waals surface area (Å²) >= 11 is 1.60. The zero-order chi connectivity index (χ0) is 14.8. The standard InChI is InChI=1S/C16H25N3OS.2ClH/c1-11(2)15-18-14(10-21-15)16(20)19-7-5-13(6-8-19)17-9-12-3-4-12;;/h10-13,17H,3-9H2,1-2H3;2*1H. The number of hydrogen-bond donors (Lipinski definition) is 1. The fourth-order valence-corrected chi connectivity index (χ4v) is 3.56. The molecule has 3 rings (SSSR count). The molecule has 0 atom stereocenters. The molecule has 2 heterocycles. The highest BCUT2D eigenvalue weighted by Crippen LogP contribution is 2.28. The topological polar surface area (TPSA) is 45.2 Å². The number of thiazole rings is 1. The summed E-state index contributed by atoms with van der Waals surface area (Å²) in [4.78, 5) is 18.9. The highest BCUT2D eigenvalue weighted by atomic mass is 35.5. The van der Waals surface area contributed by atoms with E-state index in [1.807, 2.05) is 10.3 Å². The number of carbonyl (C=O) groups is 1. The lowest BCUT2D eigenvalue weighted by Crippen LogP contribution is -2.45. The Balaban J connectivity index is 0.00000132. The number of rotatable bonds is 5. The van der Waals surface area contributed by atoms with Crippen molar-refractivity contribution in [2.24, 2.45) is 5.92 Å². The van der Waals surface area contributed by atoms with Gasteiger partial charge in [0, 0.05) is 30.4 Å². The van der Waals surface area contributed by atoms with Crippen LogP contribution in [0.15, 0.2) is 5.38 Å². The van der Waals surface area contributed by atoms with Crippen LogP contribution in [0.4, 0.5) is 0 Å². The molecule has 23 heavy (non-hydrogen) atoms. The number of hydrogen-bond acceptors (Lipinski definition) is 4. The fourth-order valence-electron chi connectivity index (χ4n) is 2.76. The molecule has 0 spiro atoms. The Bertz CT molecular complexity index is 497. The van der Waals surface area contributed by atoms with Crippen LogP contribution in [0.5, 0.6) is 0 Å². The van der Waals surface area contributed by atoms with Crippen LogP contribution in [0.25, 0.3) is 0 Å². The number of carbonyl (C=O) groups excluding carboxylic acids is 1. The highest BCUT2D eigenvalue weighted by Gasteiger charge is 2.27. The van der Waals surface area contributed by atoms with Gasteiger partial charge in [0.15, 0.2) is 0 Å². The van der Waals surface area contributed by atoms with Gasteiger partial charge in [-0.1, -0.05) is 13.8 Å². The zero-order valence-corrected chi connectivity index (χ0v) is 16.2. The Morgan fingerprint density at radius 3 is 2.48 bits per heavy atom. The molecule has 0 aromatic carbocycles. The summed E-state index contributed by atoms with van der Waals surface area (Å²) in [5, 5.41) is 6.62.